The summed E-state index contributed by atoms with van der Waals surface area (Å²) in [6.45, 7) is -0.0965. The molecule has 0 aliphatic heterocycles. The van der Waals surface area contributed by atoms with E-state index in [1.165, 1.54) is 30.6 Å². The summed E-state index contributed by atoms with van der Waals surface area (Å²) in [5.41, 5.74) is 5.77. The van der Waals surface area contributed by atoms with Crippen molar-refractivity contribution in [2.75, 3.05) is 4.72 Å². The van der Waals surface area contributed by atoms with E-state index in [2.05, 4.69) is 25.6 Å². The summed E-state index contributed by atoms with van der Waals surface area (Å²) < 4.78 is 41.2. The Bertz CT molecular complexity index is 723. The number of hydrogen-bond acceptors (Lipinski definition) is 4. The van der Waals surface area contributed by atoms with Crippen LogP contribution in [0.25, 0.3) is 0 Å². The van der Waals surface area contributed by atoms with Crippen LogP contribution in [0.15, 0.2) is 46.0 Å². The number of nitrogens with one attached hydrogen (secondary N) is 1. The van der Waals surface area contributed by atoms with Gasteiger partial charge in [-0.2, -0.15) is 0 Å². The minimum absolute atomic E-state index is 0.0965. The molecule has 2 aromatic rings. The fourth-order valence-electron chi connectivity index (χ4n) is 1.60. The molecule has 8 heteroatoms. The first-order chi connectivity index (χ1) is 9.44. The summed E-state index contributed by atoms with van der Waals surface area (Å²) in [6, 6.07) is 5.72. The molecule has 0 atom stereocenters. The minimum Gasteiger partial charge on any atom is -0.326 e. The van der Waals surface area contributed by atoms with Crippen LogP contribution in [0.4, 0.5) is 10.1 Å². The van der Waals surface area contributed by atoms with Gasteiger partial charge in [0.05, 0.1) is 11.9 Å². The summed E-state index contributed by atoms with van der Waals surface area (Å²) in [6.07, 6.45) is 2.83. The highest BCUT2D eigenvalue weighted by Crippen LogP contribution is 2.25. The molecule has 0 unspecified atom stereocenters. The van der Waals surface area contributed by atoms with Crippen LogP contribution in [0.3, 0.4) is 0 Å². The van der Waals surface area contributed by atoms with Gasteiger partial charge in [0.15, 0.2) is 0 Å². The summed E-state index contributed by atoms with van der Waals surface area (Å²) in [5, 5.41) is 0. The predicted molar refractivity (Wildman–Crippen MR) is 77.0 cm³/mol. The van der Waals surface area contributed by atoms with E-state index in [9.17, 15) is 12.8 Å². The molecule has 0 amide bonds. The maximum absolute atomic E-state index is 14.1. The van der Waals surface area contributed by atoms with Crippen molar-refractivity contribution in [3.63, 3.8) is 0 Å². The molecule has 1 aromatic heterocycles. The smallest absolute Gasteiger partial charge is 0.264 e. The van der Waals surface area contributed by atoms with Crippen LogP contribution in [-0.4, -0.2) is 13.4 Å². The zero-order chi connectivity index (χ0) is 14.8. The van der Waals surface area contributed by atoms with E-state index in [4.69, 9.17) is 5.73 Å². The van der Waals surface area contributed by atoms with Crippen LogP contribution < -0.4 is 10.5 Å². The number of aromatic nitrogens is 1. The molecule has 1 aromatic carbocycles. The fraction of sp³-hybridized carbons (Fsp3) is 0.0833. The van der Waals surface area contributed by atoms with Crippen LogP contribution in [0.5, 0.6) is 0 Å². The van der Waals surface area contributed by atoms with Gasteiger partial charge in [-0.1, -0.05) is 15.9 Å². The van der Waals surface area contributed by atoms with Gasteiger partial charge in [-0.05, 0) is 24.3 Å². The molecule has 0 radical (unpaired) electrons. The highest BCUT2D eigenvalue weighted by atomic mass is 79.9. The lowest BCUT2D eigenvalue weighted by molar-refractivity contribution is 0.560. The number of rotatable bonds is 4. The maximum atomic E-state index is 14.1. The average molecular weight is 360 g/mol. The number of halogens is 2. The van der Waals surface area contributed by atoms with E-state index < -0.39 is 20.7 Å². The Morgan fingerprint density at radius 3 is 2.75 bits per heavy atom. The monoisotopic (exact) mass is 359 g/mol. The molecular formula is C12H11BrFN3O2S. The van der Waals surface area contributed by atoms with Gasteiger partial charge in [-0.15, -0.1) is 0 Å². The topological polar surface area (TPSA) is 85.1 Å². The van der Waals surface area contributed by atoms with Gasteiger partial charge in [-0.25, -0.2) is 12.8 Å². The number of nitrogens with two attached hydrogens (primary N) is 1. The molecular weight excluding hydrogens is 349 g/mol. The summed E-state index contributed by atoms with van der Waals surface area (Å²) in [7, 11) is -4.05. The molecule has 0 saturated heterocycles. The standard InChI is InChI=1S/C12H11BrFN3O2S/c13-9-4-8(6-15)12(14)11(5-9)20(18,19)17-10-2-1-3-16-7-10/h1-5,7,17H,6,15H2. The Kier molecular flexibility index (Phi) is 4.36. The predicted octanol–water partition coefficient (Wildman–Crippen LogP) is 2.24. The molecule has 0 saturated carbocycles. The average Bonchev–Trinajstić information content (AvgIpc) is 2.41. The van der Waals surface area contributed by atoms with Gasteiger partial charge < -0.3 is 5.73 Å². The van der Waals surface area contributed by atoms with Crippen LogP contribution in [-0.2, 0) is 16.6 Å². The molecule has 0 bridgehead atoms. The molecule has 20 heavy (non-hydrogen) atoms. The Hall–Kier alpha value is -1.51. The number of nitrogens with zero attached hydrogens (tertiary/aromatic N) is 1. The number of pyridine rings is 1. The highest BCUT2D eigenvalue weighted by molar-refractivity contribution is 9.10. The van der Waals surface area contributed by atoms with Crippen molar-refractivity contribution < 1.29 is 12.8 Å². The van der Waals surface area contributed by atoms with E-state index in [0.29, 0.717) is 4.47 Å². The van der Waals surface area contributed by atoms with Crippen molar-refractivity contribution in [1.82, 2.24) is 4.98 Å². The molecule has 0 aliphatic rings. The molecule has 5 nitrogen and oxygen atoms in total. The third-order valence-electron chi connectivity index (χ3n) is 2.50. The maximum Gasteiger partial charge on any atom is 0.264 e. The summed E-state index contributed by atoms with van der Waals surface area (Å²) in [5.74, 6) is -0.855. The minimum atomic E-state index is -4.05. The Morgan fingerprint density at radius 1 is 1.40 bits per heavy atom. The second-order valence-electron chi connectivity index (χ2n) is 3.93. The number of anilines is 1. The fourth-order valence-corrected chi connectivity index (χ4v) is 3.44. The Labute approximate surface area is 124 Å². The molecule has 2 rings (SSSR count). The number of hydrogen-bond donors (Lipinski definition) is 2. The molecule has 0 aliphatic carbocycles. The Morgan fingerprint density at radius 2 is 2.15 bits per heavy atom. The normalized spacial score (nSPS) is 11.3. The van der Waals surface area contributed by atoms with Crippen molar-refractivity contribution >= 4 is 31.6 Å². The van der Waals surface area contributed by atoms with Gasteiger partial charge in [-0.3, -0.25) is 9.71 Å². The van der Waals surface area contributed by atoms with Gasteiger partial charge in [0.25, 0.3) is 10.0 Å². The lowest BCUT2D eigenvalue weighted by atomic mass is 10.2. The summed E-state index contributed by atoms with van der Waals surface area (Å²) >= 11 is 3.14. The SMILES string of the molecule is NCc1cc(Br)cc(S(=O)(=O)Nc2cccnc2)c1F. The van der Waals surface area contributed by atoms with Gasteiger partial charge >= 0.3 is 0 Å². The van der Waals surface area contributed by atoms with E-state index in [-0.39, 0.29) is 17.8 Å². The van der Waals surface area contributed by atoms with Gasteiger partial charge in [0.1, 0.15) is 10.7 Å². The number of sulfonamides is 1. The second-order valence-corrected chi connectivity index (χ2v) is 6.49. The van der Waals surface area contributed by atoms with E-state index in [1.54, 1.807) is 6.07 Å². The van der Waals surface area contributed by atoms with Crippen LogP contribution in [0.2, 0.25) is 0 Å². The Balaban J connectivity index is 2.47. The molecule has 3 N–H and O–H groups in total. The first-order valence-electron chi connectivity index (χ1n) is 5.55. The van der Waals surface area contributed by atoms with Crippen molar-refractivity contribution in [3.05, 3.63) is 52.5 Å². The lowest BCUT2D eigenvalue weighted by Crippen LogP contribution is -2.16. The van der Waals surface area contributed by atoms with Crippen molar-refractivity contribution in [2.45, 2.75) is 11.4 Å². The third kappa shape index (κ3) is 3.14. The quantitative estimate of drug-likeness (QED) is 0.876. The molecule has 0 fully saturated rings. The van der Waals surface area contributed by atoms with Crippen LogP contribution >= 0.6 is 15.9 Å². The van der Waals surface area contributed by atoms with Crippen LogP contribution in [0.1, 0.15) is 5.56 Å². The van der Waals surface area contributed by atoms with Crippen molar-refractivity contribution in [2.24, 2.45) is 5.73 Å². The van der Waals surface area contributed by atoms with E-state index in [0.717, 1.165) is 0 Å². The van der Waals surface area contributed by atoms with Crippen molar-refractivity contribution in [3.8, 4) is 0 Å². The van der Waals surface area contributed by atoms with Gasteiger partial charge in [0, 0.05) is 22.8 Å². The molecule has 0 spiro atoms. The lowest BCUT2D eigenvalue weighted by Gasteiger charge is -2.11. The first kappa shape index (κ1) is 14.9. The summed E-state index contributed by atoms with van der Waals surface area (Å²) in [4.78, 5) is 3.32. The van der Waals surface area contributed by atoms with Crippen LogP contribution in [0, 0.1) is 5.82 Å². The zero-order valence-corrected chi connectivity index (χ0v) is 12.6. The highest BCUT2D eigenvalue weighted by Gasteiger charge is 2.22. The van der Waals surface area contributed by atoms with E-state index in [1.807, 2.05) is 0 Å². The largest absolute Gasteiger partial charge is 0.326 e. The zero-order valence-electron chi connectivity index (χ0n) is 10.2. The van der Waals surface area contributed by atoms with Crippen molar-refractivity contribution in [1.29, 1.82) is 0 Å². The molecule has 1 heterocycles. The number of benzene rings is 1. The first-order valence-corrected chi connectivity index (χ1v) is 7.82. The second kappa shape index (κ2) is 5.86. The molecule has 106 valence electrons. The third-order valence-corrected chi connectivity index (χ3v) is 4.34. The van der Waals surface area contributed by atoms with E-state index >= 15 is 0 Å². The van der Waals surface area contributed by atoms with Gasteiger partial charge in [0.2, 0.25) is 0 Å².